The van der Waals surface area contributed by atoms with Crippen molar-refractivity contribution in [2.75, 3.05) is 63.4 Å². The minimum Gasteiger partial charge on any atom is -0.490 e. The van der Waals surface area contributed by atoms with E-state index in [0.717, 1.165) is 135 Å². The lowest BCUT2D eigenvalue weighted by atomic mass is 9.68. The third-order valence-corrected chi connectivity index (χ3v) is 23.2. The summed E-state index contributed by atoms with van der Waals surface area (Å²) >= 11 is 12.8. The zero-order valence-electron chi connectivity index (χ0n) is 49.5. The van der Waals surface area contributed by atoms with E-state index in [0.29, 0.717) is 86.5 Å². The molecule has 2 fully saturated rings. The molecule has 464 valence electrons. The summed E-state index contributed by atoms with van der Waals surface area (Å²) < 4.78 is 69.7. The summed E-state index contributed by atoms with van der Waals surface area (Å²) in [4.78, 5) is 41.7. The molecule has 12 rings (SSSR count). The van der Waals surface area contributed by atoms with Gasteiger partial charge in [0, 0.05) is 71.7 Å². The van der Waals surface area contributed by atoms with Crippen LogP contribution in [0.2, 0.25) is 10.0 Å². The second kappa shape index (κ2) is 25.5. The van der Waals surface area contributed by atoms with E-state index in [1.807, 2.05) is 36.4 Å². The molecule has 86 heavy (non-hydrogen) atoms. The third kappa shape index (κ3) is 13.2. The van der Waals surface area contributed by atoms with Crippen LogP contribution in [0.15, 0.2) is 83.1 Å². The van der Waals surface area contributed by atoms with Crippen molar-refractivity contribution in [3.63, 3.8) is 0 Å². The monoisotopic (exact) mass is 1260 g/mol. The van der Waals surface area contributed by atoms with E-state index in [9.17, 15) is 26.4 Å². The number of nitrogens with two attached hydrogens (primary N) is 2. The number of sulfonamides is 2. The molecule has 4 N–H and O–H groups in total. The molecule has 0 aromatic heterocycles. The lowest BCUT2D eigenvalue weighted by molar-refractivity contribution is -0.0214. The molecule has 2 spiro atoms. The van der Waals surface area contributed by atoms with E-state index in [1.165, 1.54) is 36.5 Å². The van der Waals surface area contributed by atoms with Crippen LogP contribution in [-0.2, 0) is 62.9 Å². The number of hydrogen-bond donors (Lipinski definition) is 2. The number of esters is 2. The Morgan fingerprint density at radius 1 is 0.628 bits per heavy atom. The number of fused-ring (bicyclic) bond motifs is 6. The van der Waals surface area contributed by atoms with Gasteiger partial charge in [0.25, 0.3) is 0 Å². The van der Waals surface area contributed by atoms with Gasteiger partial charge in [-0.15, -0.1) is 0 Å². The summed E-state index contributed by atoms with van der Waals surface area (Å²) in [6, 6.07) is 23.6. The highest BCUT2D eigenvalue weighted by atomic mass is 35.5. The Labute approximate surface area is 515 Å². The lowest BCUT2D eigenvalue weighted by Gasteiger charge is -2.45. The second-order valence-electron chi connectivity index (χ2n) is 25.4. The topological polar surface area (TPSA) is 241 Å². The summed E-state index contributed by atoms with van der Waals surface area (Å²) in [5.41, 5.74) is 9.37. The van der Waals surface area contributed by atoms with Gasteiger partial charge in [-0.1, -0.05) is 45.6 Å². The van der Waals surface area contributed by atoms with Gasteiger partial charge in [0.05, 0.1) is 71.9 Å². The molecule has 0 radical (unpaired) electrons. The fourth-order valence-electron chi connectivity index (χ4n) is 14.6. The fraction of sp³-hybridized carbons (Fsp3) is 0.562. The number of anilines is 2. The van der Waals surface area contributed by atoms with Crippen molar-refractivity contribution in [3.05, 3.63) is 116 Å². The maximum Gasteiger partial charge on any atom is 0.337 e. The molecule has 8 aliphatic rings. The number of carbonyl (C=O) groups excluding carboxylic acids is 2. The number of methoxy groups -OCH3 is 2. The summed E-state index contributed by atoms with van der Waals surface area (Å²) in [5, 5.41) is 19.5. The number of halogens is 2. The van der Waals surface area contributed by atoms with Gasteiger partial charge >= 0.3 is 11.9 Å². The van der Waals surface area contributed by atoms with Gasteiger partial charge in [0.1, 0.15) is 23.7 Å². The Balaban J connectivity index is 0.000000179. The Hall–Kier alpha value is -5.64. The average molecular weight is 1260 g/mol. The van der Waals surface area contributed by atoms with Crippen LogP contribution in [0.4, 0.5) is 11.4 Å². The first kappa shape index (κ1) is 62.0. The standard InChI is InChI=1S/2C32H40ClN3O6S/c2*1-20(43(34,38)39)5-9-25-16-30(42-35-25)26-10-6-23(26)17-36-18-32(13-3-4-21-14-24(33)8-11-27(21)32)19-41-29-12-7-22(15-28(29)36)31(37)40-2/h2*7-8,11-12,14-15,20,23,26,30H,3-6,9-10,13,16-19H2,1-2H3,(H2,34,38,39)/t20-,23+,26-,30+,32+;20-,23+,26-,30-,32+/m11/s1. The highest BCUT2D eigenvalue weighted by Gasteiger charge is 2.48. The number of rotatable bonds is 16. The van der Waals surface area contributed by atoms with Gasteiger partial charge in [-0.2, -0.15) is 0 Å². The Bertz CT molecular complexity index is 3290. The van der Waals surface area contributed by atoms with Crippen LogP contribution in [0.3, 0.4) is 0 Å². The first-order chi connectivity index (χ1) is 41.1. The minimum atomic E-state index is -3.56. The van der Waals surface area contributed by atoms with Crippen molar-refractivity contribution < 1.29 is 55.0 Å². The van der Waals surface area contributed by atoms with Gasteiger partial charge in [0.15, 0.2) is 0 Å². The molecule has 4 aliphatic carbocycles. The lowest BCUT2D eigenvalue weighted by Crippen LogP contribution is -2.49. The van der Waals surface area contributed by atoms with Crippen LogP contribution in [-0.4, -0.2) is 117 Å². The summed E-state index contributed by atoms with van der Waals surface area (Å²) in [6.07, 6.45) is 13.7. The molecule has 0 unspecified atom stereocenters. The van der Waals surface area contributed by atoms with Crippen molar-refractivity contribution in [1.82, 2.24) is 0 Å². The van der Waals surface area contributed by atoms with E-state index in [4.69, 9.17) is 62.1 Å². The Kier molecular flexibility index (Phi) is 18.3. The number of carbonyl (C=O) groups is 2. The number of aryl methyl sites for hydroxylation is 2. The number of nitrogens with zero attached hydrogens (tertiary/aromatic N) is 4. The smallest absolute Gasteiger partial charge is 0.337 e. The van der Waals surface area contributed by atoms with Crippen LogP contribution >= 0.6 is 23.2 Å². The highest BCUT2D eigenvalue weighted by molar-refractivity contribution is 7.90. The second-order valence-corrected chi connectivity index (χ2v) is 30.3. The zero-order chi connectivity index (χ0) is 60.7. The van der Waals surface area contributed by atoms with E-state index >= 15 is 0 Å². The number of hydrogen-bond acceptors (Lipinski definition) is 16. The highest BCUT2D eigenvalue weighted by Crippen LogP contribution is 2.50. The van der Waals surface area contributed by atoms with Crippen LogP contribution < -0.4 is 29.6 Å². The summed E-state index contributed by atoms with van der Waals surface area (Å²) in [5.74, 6) is 2.22. The van der Waals surface area contributed by atoms with Crippen molar-refractivity contribution in [1.29, 1.82) is 0 Å². The quantitative estimate of drug-likeness (QED) is 0.0992. The number of primary sulfonamides is 2. The van der Waals surface area contributed by atoms with E-state index in [-0.39, 0.29) is 35.0 Å². The van der Waals surface area contributed by atoms with Crippen LogP contribution in [0, 0.1) is 23.7 Å². The molecule has 4 heterocycles. The molecule has 0 amide bonds. The minimum absolute atomic E-state index is 0.0193. The molecule has 22 heteroatoms. The number of ether oxygens (including phenoxy) is 4. The Morgan fingerprint density at radius 3 is 1.42 bits per heavy atom. The predicted molar refractivity (Wildman–Crippen MR) is 333 cm³/mol. The van der Waals surface area contributed by atoms with Crippen molar-refractivity contribution in [3.8, 4) is 11.5 Å². The molecule has 4 aliphatic heterocycles. The maximum absolute atomic E-state index is 12.5. The molecular weight excluding hydrogens is 1180 g/mol. The molecule has 2 saturated carbocycles. The summed E-state index contributed by atoms with van der Waals surface area (Å²) in [6.45, 7) is 7.49. The van der Waals surface area contributed by atoms with Gasteiger partial charge in [0.2, 0.25) is 20.0 Å². The van der Waals surface area contributed by atoms with E-state index in [2.05, 4.69) is 44.4 Å². The van der Waals surface area contributed by atoms with E-state index in [1.54, 1.807) is 26.0 Å². The number of oxime groups is 2. The molecule has 4 aromatic carbocycles. The SMILES string of the molecule is COC(=O)c1ccc2c(c1)N(C[C@@H]1CC[C@H]1[C@@H]1CC(CC[C@@H](C)S(N)(=O)=O)=NO1)C[C@@]1(CCCc3cc(Cl)ccc31)CO2.COC(=O)c1ccc2c(c1)N(C[C@@H]1CC[C@H]1[C@H]1CC(CC[C@@H](C)S(N)(=O)=O)=NO1)C[C@@]1(CCCc3cc(Cl)ccc31)CO2. The van der Waals surface area contributed by atoms with Crippen LogP contribution in [0.5, 0.6) is 11.5 Å². The fourth-order valence-corrected chi connectivity index (χ4v) is 15.9. The molecule has 4 aromatic rings. The maximum atomic E-state index is 12.5. The Morgan fingerprint density at radius 2 is 1.05 bits per heavy atom. The number of benzene rings is 4. The summed E-state index contributed by atoms with van der Waals surface area (Å²) in [7, 11) is -4.33. The molecule has 0 bridgehead atoms. The molecule has 0 saturated heterocycles. The van der Waals surface area contributed by atoms with Crippen molar-refractivity contribution in [2.45, 2.75) is 150 Å². The van der Waals surface area contributed by atoms with Gasteiger partial charge in [-0.05, 0) is 198 Å². The zero-order valence-corrected chi connectivity index (χ0v) is 52.7. The van der Waals surface area contributed by atoms with Gasteiger partial charge in [-0.25, -0.2) is 36.7 Å². The van der Waals surface area contributed by atoms with Gasteiger partial charge < -0.3 is 38.4 Å². The third-order valence-electron chi connectivity index (χ3n) is 20.0. The van der Waals surface area contributed by atoms with Crippen molar-refractivity contribution >= 4 is 78.0 Å². The van der Waals surface area contributed by atoms with Crippen LogP contribution in [0.1, 0.15) is 147 Å². The molecule has 18 nitrogen and oxygen atoms in total. The predicted octanol–water partition coefficient (Wildman–Crippen LogP) is 10.5. The van der Waals surface area contributed by atoms with Gasteiger partial charge in [-0.3, -0.25) is 0 Å². The largest absolute Gasteiger partial charge is 0.490 e. The first-order valence-corrected chi connectivity index (χ1v) is 34.3. The normalized spacial score (nSPS) is 27.1. The van der Waals surface area contributed by atoms with E-state index < -0.39 is 30.5 Å². The molecule has 10 atom stereocenters. The molecular formula is C64H80Cl2N6O12S2. The van der Waals surface area contributed by atoms with Crippen LogP contribution in [0.25, 0.3) is 0 Å². The van der Waals surface area contributed by atoms with Crippen molar-refractivity contribution in [2.24, 2.45) is 44.3 Å². The average Bonchev–Trinajstić information content (AvgIpc) is 1.56. The first-order valence-electron chi connectivity index (χ1n) is 30.4.